The van der Waals surface area contributed by atoms with Gasteiger partial charge in [0.15, 0.2) is 12.4 Å². The van der Waals surface area contributed by atoms with E-state index in [0.717, 1.165) is 10.9 Å². The zero-order chi connectivity index (χ0) is 12.8. The molecule has 2 aromatic heterocycles. The number of rotatable bonds is 1. The molecule has 0 saturated heterocycles. The summed E-state index contributed by atoms with van der Waals surface area (Å²) in [6.45, 7) is 0. The van der Waals surface area contributed by atoms with E-state index in [9.17, 15) is 13.0 Å². The lowest BCUT2D eigenvalue weighted by atomic mass is 10.1. The summed E-state index contributed by atoms with van der Waals surface area (Å²) in [6.07, 6.45) is 3.47. The summed E-state index contributed by atoms with van der Waals surface area (Å²) in [5.41, 5.74) is 0.936. The first-order valence-corrected chi connectivity index (χ1v) is 6.75. The highest BCUT2D eigenvalue weighted by Gasteiger charge is 2.11. The Bertz CT molecular complexity index is 856. The molecule has 0 N–H and O–H groups in total. The van der Waals surface area contributed by atoms with Crippen LogP contribution < -0.4 is 4.40 Å². The van der Waals surface area contributed by atoms with Crippen molar-refractivity contribution in [3.63, 3.8) is 0 Å². The molecule has 0 aliphatic carbocycles. The predicted octanol–water partition coefficient (Wildman–Crippen LogP) is 1.48. The van der Waals surface area contributed by atoms with E-state index in [-0.39, 0.29) is 4.90 Å². The first-order chi connectivity index (χ1) is 8.55. The topological polar surface area (TPSA) is 61.3 Å². The van der Waals surface area contributed by atoms with Crippen LogP contribution in [0.5, 0.6) is 0 Å². The molecule has 0 unspecified atom stereocenters. The Morgan fingerprint density at radius 3 is 2.67 bits per heavy atom. The van der Waals surface area contributed by atoms with Crippen LogP contribution in [-0.2, 0) is 10.1 Å². The fourth-order valence-electron chi connectivity index (χ4n) is 2.05. The number of benzene rings is 1. The van der Waals surface area contributed by atoms with Gasteiger partial charge in [-0.25, -0.2) is 8.42 Å². The lowest BCUT2D eigenvalue weighted by Gasteiger charge is -2.08. The first kappa shape index (κ1) is 11.1. The second-order valence-electron chi connectivity index (χ2n) is 4.02. The number of hydrogen-bond donors (Lipinski definition) is 0. The van der Waals surface area contributed by atoms with Gasteiger partial charge in [-0.15, -0.1) is 0 Å². The summed E-state index contributed by atoms with van der Waals surface area (Å²) in [7, 11) is -4.46. The largest absolute Gasteiger partial charge is 0.744 e. The fraction of sp³-hybridized carbons (Fsp3) is 0. The molecule has 0 atom stereocenters. The predicted molar refractivity (Wildman–Crippen MR) is 65.1 cm³/mol. The number of aromatic nitrogens is 1. The summed E-state index contributed by atoms with van der Waals surface area (Å²) in [6, 6.07) is 12.2. The maximum Gasteiger partial charge on any atom is 0.211 e. The van der Waals surface area contributed by atoms with E-state index in [4.69, 9.17) is 0 Å². The summed E-state index contributed by atoms with van der Waals surface area (Å²) >= 11 is 0. The van der Waals surface area contributed by atoms with Gasteiger partial charge in [-0.2, -0.15) is 4.40 Å². The van der Waals surface area contributed by atoms with Crippen LogP contribution in [0, 0.1) is 0 Å². The molecule has 0 radical (unpaired) electrons. The van der Waals surface area contributed by atoms with Crippen molar-refractivity contribution >= 4 is 26.4 Å². The minimum atomic E-state index is -4.46. The minimum absolute atomic E-state index is 0.182. The van der Waals surface area contributed by atoms with E-state index in [1.165, 1.54) is 6.07 Å². The van der Waals surface area contributed by atoms with Gasteiger partial charge in [-0.3, -0.25) is 0 Å². The van der Waals surface area contributed by atoms with Crippen molar-refractivity contribution in [3.05, 3.63) is 54.9 Å². The molecule has 0 fully saturated rings. The van der Waals surface area contributed by atoms with Crippen molar-refractivity contribution in [3.8, 4) is 0 Å². The van der Waals surface area contributed by atoms with Crippen molar-refractivity contribution in [2.45, 2.75) is 4.90 Å². The molecule has 0 amide bonds. The number of hydrogen-bond acceptors (Lipinski definition) is 3. The Labute approximate surface area is 104 Å². The molecule has 3 aromatic rings. The van der Waals surface area contributed by atoms with Crippen molar-refractivity contribution in [1.82, 2.24) is 0 Å². The SMILES string of the molecule is O=S(=O)([O-])c1cccc2cc3cccc[n+]3cc12. The Kier molecular flexibility index (Phi) is 2.33. The zero-order valence-electron chi connectivity index (χ0n) is 9.28. The quantitative estimate of drug-likeness (QED) is 0.378. The molecule has 4 nitrogen and oxygen atoms in total. The Morgan fingerprint density at radius 2 is 1.89 bits per heavy atom. The number of fused-ring (bicyclic) bond motifs is 2. The fourth-order valence-corrected chi connectivity index (χ4v) is 2.74. The molecular weight excluding hydrogens is 250 g/mol. The smallest absolute Gasteiger partial charge is 0.211 e. The molecular formula is C13H9NO3S. The monoisotopic (exact) mass is 259 g/mol. The van der Waals surface area contributed by atoms with Crippen molar-refractivity contribution in [1.29, 1.82) is 0 Å². The summed E-state index contributed by atoms with van der Waals surface area (Å²) in [5.74, 6) is 0. The lowest BCUT2D eigenvalue weighted by molar-refractivity contribution is -0.510. The number of pyridine rings is 2. The minimum Gasteiger partial charge on any atom is -0.744 e. The standard InChI is InChI=1S/C13H9NO3S/c15-18(16,17)13-6-3-4-10-8-11-5-1-2-7-14(11)9-12(10)13/h1-9H. The maximum atomic E-state index is 11.2. The molecule has 5 heteroatoms. The Morgan fingerprint density at radius 1 is 1.06 bits per heavy atom. The highest BCUT2D eigenvalue weighted by atomic mass is 32.2. The third-order valence-corrected chi connectivity index (χ3v) is 3.76. The van der Waals surface area contributed by atoms with Crippen LogP contribution in [0.1, 0.15) is 0 Å². The van der Waals surface area contributed by atoms with Gasteiger partial charge in [0.05, 0.1) is 10.3 Å². The van der Waals surface area contributed by atoms with Crippen LogP contribution in [0.3, 0.4) is 0 Å². The van der Waals surface area contributed by atoms with Gasteiger partial charge in [0, 0.05) is 18.2 Å². The molecule has 3 rings (SSSR count). The van der Waals surface area contributed by atoms with Crippen LogP contribution in [0.4, 0.5) is 0 Å². The maximum absolute atomic E-state index is 11.2. The van der Waals surface area contributed by atoms with Crippen molar-refractivity contribution < 1.29 is 17.4 Å². The molecule has 0 aliphatic rings. The second kappa shape index (κ2) is 3.76. The van der Waals surface area contributed by atoms with Gasteiger partial charge in [0.1, 0.15) is 10.1 Å². The van der Waals surface area contributed by atoms with Crippen LogP contribution in [0.2, 0.25) is 0 Å². The zero-order valence-corrected chi connectivity index (χ0v) is 10.1. The summed E-state index contributed by atoms with van der Waals surface area (Å²) < 4.78 is 35.4. The average molecular weight is 259 g/mol. The molecule has 90 valence electrons. The average Bonchev–Trinajstić information content (AvgIpc) is 2.34. The van der Waals surface area contributed by atoms with Crippen LogP contribution in [0.15, 0.2) is 59.8 Å². The number of nitrogens with zero attached hydrogens (tertiary/aromatic N) is 1. The molecule has 0 aliphatic heterocycles. The second-order valence-corrected chi connectivity index (χ2v) is 5.37. The Hall–Kier alpha value is -1.98. The van der Waals surface area contributed by atoms with E-state index in [1.54, 1.807) is 22.7 Å². The van der Waals surface area contributed by atoms with Crippen molar-refractivity contribution in [2.24, 2.45) is 0 Å². The van der Waals surface area contributed by atoms with E-state index in [1.807, 2.05) is 30.5 Å². The molecule has 0 spiro atoms. The van der Waals surface area contributed by atoms with Gasteiger partial charge < -0.3 is 4.55 Å². The van der Waals surface area contributed by atoms with Gasteiger partial charge in [0.25, 0.3) is 0 Å². The molecule has 18 heavy (non-hydrogen) atoms. The Balaban J connectivity index is 2.51. The highest BCUT2D eigenvalue weighted by Crippen LogP contribution is 2.22. The van der Waals surface area contributed by atoms with Gasteiger partial charge in [0.2, 0.25) is 5.52 Å². The highest BCUT2D eigenvalue weighted by molar-refractivity contribution is 7.86. The first-order valence-electron chi connectivity index (χ1n) is 5.34. The normalized spacial score (nSPS) is 12.1. The molecule has 1 aromatic carbocycles. The van der Waals surface area contributed by atoms with E-state index >= 15 is 0 Å². The van der Waals surface area contributed by atoms with Gasteiger partial charge >= 0.3 is 0 Å². The van der Waals surface area contributed by atoms with Crippen molar-refractivity contribution in [2.75, 3.05) is 0 Å². The lowest BCUT2D eigenvalue weighted by Crippen LogP contribution is -2.20. The van der Waals surface area contributed by atoms with E-state index < -0.39 is 10.1 Å². The van der Waals surface area contributed by atoms with E-state index in [2.05, 4.69) is 0 Å². The molecule has 0 bridgehead atoms. The van der Waals surface area contributed by atoms with Gasteiger partial charge in [-0.1, -0.05) is 12.1 Å². The third kappa shape index (κ3) is 1.73. The third-order valence-electron chi connectivity index (χ3n) is 2.86. The molecule has 0 saturated carbocycles. The van der Waals surface area contributed by atoms with Crippen LogP contribution in [0.25, 0.3) is 16.3 Å². The van der Waals surface area contributed by atoms with Crippen LogP contribution in [-0.4, -0.2) is 13.0 Å². The molecule has 2 heterocycles. The van der Waals surface area contributed by atoms with Crippen LogP contribution >= 0.6 is 0 Å². The summed E-state index contributed by atoms with van der Waals surface area (Å²) in [5, 5.41) is 1.18. The van der Waals surface area contributed by atoms with E-state index in [0.29, 0.717) is 5.39 Å². The van der Waals surface area contributed by atoms with Gasteiger partial charge in [-0.05, 0) is 17.5 Å². The summed E-state index contributed by atoms with van der Waals surface area (Å²) in [4.78, 5) is -0.182.